The number of hydrogen-bond donors (Lipinski definition) is 3. The van der Waals surface area contributed by atoms with E-state index < -0.39 is 18.4 Å². The number of nitrogens with two attached hydrogens (primary N) is 1. The van der Waals surface area contributed by atoms with E-state index in [1.165, 1.54) is 12.3 Å². The summed E-state index contributed by atoms with van der Waals surface area (Å²) in [7, 11) is 0. The van der Waals surface area contributed by atoms with E-state index in [2.05, 4.69) is 10.2 Å². The number of benzene rings is 1. The normalized spacial score (nSPS) is 10.1. The summed E-state index contributed by atoms with van der Waals surface area (Å²) in [6, 6.07) is 8.05. The van der Waals surface area contributed by atoms with Crippen molar-refractivity contribution in [2.24, 2.45) is 0 Å². The average Bonchev–Trinajstić information content (AvgIpc) is 2.90. The van der Waals surface area contributed by atoms with Crippen molar-refractivity contribution in [2.75, 3.05) is 17.2 Å². The predicted octanol–water partition coefficient (Wildman–Crippen LogP) is 0.723. The van der Waals surface area contributed by atoms with E-state index in [1.54, 1.807) is 24.3 Å². The van der Waals surface area contributed by atoms with Gasteiger partial charge >= 0.3 is 5.97 Å². The van der Waals surface area contributed by atoms with Crippen LogP contribution in [0, 0.1) is 0 Å². The molecule has 7 nitrogen and oxygen atoms in total. The number of H-pyrrole nitrogens is 1. The monoisotopic (exact) mass is 260 g/mol. The van der Waals surface area contributed by atoms with E-state index in [9.17, 15) is 9.59 Å². The zero-order valence-electron chi connectivity index (χ0n) is 9.91. The molecule has 0 aliphatic heterocycles. The molecular weight excluding hydrogens is 248 g/mol. The van der Waals surface area contributed by atoms with Gasteiger partial charge in [-0.2, -0.15) is 5.10 Å². The van der Waals surface area contributed by atoms with Gasteiger partial charge in [0.2, 0.25) is 0 Å². The molecule has 0 saturated heterocycles. The van der Waals surface area contributed by atoms with Crippen LogP contribution in [0.1, 0.15) is 10.5 Å². The highest BCUT2D eigenvalue weighted by atomic mass is 16.4. The summed E-state index contributed by atoms with van der Waals surface area (Å²) in [5.74, 6) is -1.63. The topological polar surface area (TPSA) is 112 Å². The number of carbonyl (C=O) groups excluding carboxylic acids is 1. The van der Waals surface area contributed by atoms with E-state index in [0.717, 1.165) is 4.90 Å². The van der Waals surface area contributed by atoms with E-state index in [-0.39, 0.29) is 5.69 Å². The fourth-order valence-electron chi connectivity index (χ4n) is 1.66. The smallest absolute Gasteiger partial charge is 0.323 e. The largest absolute Gasteiger partial charge is 0.480 e. The quantitative estimate of drug-likeness (QED) is 0.701. The fraction of sp³-hybridized carbons (Fsp3) is 0.0833. The molecule has 2 rings (SSSR count). The fourth-order valence-corrected chi connectivity index (χ4v) is 1.66. The lowest BCUT2D eigenvalue weighted by molar-refractivity contribution is -0.135. The first-order chi connectivity index (χ1) is 9.09. The van der Waals surface area contributed by atoms with Crippen LogP contribution in [0.4, 0.5) is 11.4 Å². The maximum atomic E-state index is 12.2. The number of rotatable bonds is 4. The van der Waals surface area contributed by atoms with Crippen molar-refractivity contribution < 1.29 is 14.7 Å². The first kappa shape index (κ1) is 12.6. The number of hydrogen-bond acceptors (Lipinski definition) is 4. The van der Waals surface area contributed by atoms with Gasteiger partial charge in [-0.25, -0.2) is 0 Å². The lowest BCUT2D eigenvalue weighted by atomic mass is 10.2. The van der Waals surface area contributed by atoms with Crippen LogP contribution >= 0.6 is 0 Å². The maximum Gasteiger partial charge on any atom is 0.323 e. The number of carboxylic acids is 1. The summed E-state index contributed by atoms with van der Waals surface area (Å²) < 4.78 is 0. The highest BCUT2D eigenvalue weighted by molar-refractivity contribution is 6.08. The van der Waals surface area contributed by atoms with Gasteiger partial charge in [-0.15, -0.1) is 0 Å². The van der Waals surface area contributed by atoms with Gasteiger partial charge in [0.1, 0.15) is 12.2 Å². The molecule has 1 aromatic carbocycles. The number of aliphatic carboxylic acids is 1. The Hall–Kier alpha value is -2.83. The van der Waals surface area contributed by atoms with Crippen LogP contribution < -0.4 is 10.6 Å². The maximum absolute atomic E-state index is 12.2. The molecule has 1 amide bonds. The summed E-state index contributed by atoms with van der Waals surface area (Å²) in [6.07, 6.45) is 1.42. The van der Waals surface area contributed by atoms with E-state index in [1.807, 2.05) is 0 Å². The number of anilines is 2. The Labute approximate surface area is 108 Å². The summed E-state index contributed by atoms with van der Waals surface area (Å²) in [4.78, 5) is 24.2. The first-order valence-electron chi connectivity index (χ1n) is 5.47. The Balaban J connectivity index is 2.39. The van der Waals surface area contributed by atoms with Gasteiger partial charge in [-0.3, -0.25) is 19.6 Å². The Kier molecular flexibility index (Phi) is 3.46. The molecule has 19 heavy (non-hydrogen) atoms. The summed E-state index contributed by atoms with van der Waals surface area (Å²) in [5, 5.41) is 15.1. The van der Waals surface area contributed by atoms with E-state index in [4.69, 9.17) is 10.8 Å². The predicted molar refractivity (Wildman–Crippen MR) is 68.8 cm³/mol. The van der Waals surface area contributed by atoms with Crippen molar-refractivity contribution >= 4 is 23.3 Å². The third kappa shape index (κ3) is 2.71. The molecule has 4 N–H and O–H groups in total. The Morgan fingerprint density at radius 2 is 2.05 bits per heavy atom. The molecule has 0 fully saturated rings. The number of aromatic nitrogens is 2. The molecule has 0 aliphatic carbocycles. The molecule has 0 aliphatic rings. The van der Waals surface area contributed by atoms with Crippen LogP contribution in [0.5, 0.6) is 0 Å². The van der Waals surface area contributed by atoms with Crippen molar-refractivity contribution in [3.63, 3.8) is 0 Å². The van der Waals surface area contributed by atoms with Crippen LogP contribution in [0.25, 0.3) is 0 Å². The van der Waals surface area contributed by atoms with Crippen molar-refractivity contribution in [2.45, 2.75) is 0 Å². The molecular formula is C12H12N4O3. The molecule has 0 bridgehead atoms. The molecule has 0 spiro atoms. The Bertz CT molecular complexity index is 595. The van der Waals surface area contributed by atoms with Gasteiger partial charge in [0, 0.05) is 6.20 Å². The van der Waals surface area contributed by atoms with Gasteiger partial charge in [0.05, 0.1) is 11.4 Å². The highest BCUT2D eigenvalue weighted by Crippen LogP contribution is 2.23. The number of nitrogen functional groups attached to an aromatic ring is 1. The number of para-hydroxylation sites is 2. The third-order valence-corrected chi connectivity index (χ3v) is 2.50. The van der Waals surface area contributed by atoms with Gasteiger partial charge in [-0.1, -0.05) is 12.1 Å². The molecule has 1 aromatic heterocycles. The number of amides is 1. The number of carboxylic acid groups (broad SMARTS) is 1. The van der Waals surface area contributed by atoms with E-state index >= 15 is 0 Å². The second kappa shape index (κ2) is 5.21. The summed E-state index contributed by atoms with van der Waals surface area (Å²) >= 11 is 0. The minimum absolute atomic E-state index is 0.199. The number of nitrogens with zero attached hydrogens (tertiary/aromatic N) is 2. The van der Waals surface area contributed by atoms with Crippen LogP contribution in [0.2, 0.25) is 0 Å². The minimum Gasteiger partial charge on any atom is -0.480 e. The molecule has 0 atom stereocenters. The number of aromatic amines is 1. The van der Waals surface area contributed by atoms with Gasteiger partial charge < -0.3 is 10.8 Å². The molecule has 98 valence electrons. The molecule has 2 aromatic rings. The molecule has 1 heterocycles. The van der Waals surface area contributed by atoms with Crippen LogP contribution in [-0.4, -0.2) is 33.7 Å². The van der Waals surface area contributed by atoms with Crippen LogP contribution in [-0.2, 0) is 4.79 Å². The molecule has 0 radical (unpaired) electrons. The lowest BCUT2D eigenvalue weighted by Crippen LogP contribution is -2.36. The second-order valence-electron chi connectivity index (χ2n) is 3.81. The van der Waals surface area contributed by atoms with Gasteiger partial charge in [0.15, 0.2) is 0 Å². The van der Waals surface area contributed by atoms with Crippen LogP contribution in [0.15, 0.2) is 36.5 Å². The van der Waals surface area contributed by atoms with Crippen molar-refractivity contribution in [1.29, 1.82) is 0 Å². The van der Waals surface area contributed by atoms with E-state index in [0.29, 0.717) is 11.4 Å². The highest BCUT2D eigenvalue weighted by Gasteiger charge is 2.22. The summed E-state index contributed by atoms with van der Waals surface area (Å²) in [6.45, 7) is -0.480. The van der Waals surface area contributed by atoms with Gasteiger partial charge in [0.25, 0.3) is 5.91 Å². The third-order valence-electron chi connectivity index (χ3n) is 2.50. The van der Waals surface area contributed by atoms with Crippen molar-refractivity contribution in [1.82, 2.24) is 10.2 Å². The SMILES string of the molecule is Nc1ccccc1N(CC(=O)O)C(=O)c1ccn[nH]1. The number of nitrogens with one attached hydrogen (secondary N) is 1. The zero-order chi connectivity index (χ0) is 13.8. The van der Waals surface area contributed by atoms with Crippen molar-refractivity contribution in [3.05, 3.63) is 42.2 Å². The second-order valence-corrected chi connectivity index (χ2v) is 3.81. The Morgan fingerprint density at radius 1 is 1.32 bits per heavy atom. The average molecular weight is 260 g/mol. The summed E-state index contributed by atoms with van der Waals surface area (Å²) in [5.41, 5.74) is 6.66. The molecule has 0 unspecified atom stereocenters. The van der Waals surface area contributed by atoms with Crippen molar-refractivity contribution in [3.8, 4) is 0 Å². The van der Waals surface area contributed by atoms with Gasteiger partial charge in [-0.05, 0) is 18.2 Å². The number of carbonyl (C=O) groups is 2. The standard InChI is InChI=1S/C12H12N4O3/c13-8-3-1-2-4-10(8)16(7-11(17)18)12(19)9-5-6-14-15-9/h1-6H,7,13H2,(H,14,15)(H,17,18). The minimum atomic E-state index is -1.13. The van der Waals surface area contributed by atoms with Crippen LogP contribution in [0.3, 0.4) is 0 Å². The first-order valence-corrected chi connectivity index (χ1v) is 5.47. The molecule has 7 heteroatoms. The lowest BCUT2D eigenvalue weighted by Gasteiger charge is -2.21. The zero-order valence-corrected chi connectivity index (χ0v) is 9.91. The molecule has 0 saturated carbocycles. The Morgan fingerprint density at radius 3 is 2.63 bits per heavy atom.